The number of esters is 1. The second kappa shape index (κ2) is 7.71. The third kappa shape index (κ3) is 3.93. The summed E-state index contributed by atoms with van der Waals surface area (Å²) in [6.45, 7) is 6.47. The van der Waals surface area contributed by atoms with E-state index in [2.05, 4.69) is 17.1 Å². The molecule has 1 aliphatic heterocycles. The van der Waals surface area contributed by atoms with Crippen molar-refractivity contribution in [1.29, 1.82) is 0 Å². The number of hydrogen-bond acceptors (Lipinski definition) is 5. The summed E-state index contributed by atoms with van der Waals surface area (Å²) in [4.78, 5) is 14.4. The maximum absolute atomic E-state index is 12.0. The zero-order chi connectivity index (χ0) is 13.4. The van der Waals surface area contributed by atoms with Crippen LogP contribution < -0.4 is 5.32 Å². The minimum atomic E-state index is -0.516. The standard InChI is InChI=1S/C13H26N2O3/c1-4-8-15-9-5-13(6-10-15,12(16)18-3)14-7-11-17-2/h14H,4-11H2,1-3H3. The van der Waals surface area contributed by atoms with E-state index < -0.39 is 5.54 Å². The molecule has 0 atom stereocenters. The highest BCUT2D eigenvalue weighted by Crippen LogP contribution is 2.23. The first-order valence-electron chi connectivity index (χ1n) is 6.73. The van der Waals surface area contributed by atoms with Crippen molar-refractivity contribution in [1.82, 2.24) is 10.2 Å². The van der Waals surface area contributed by atoms with Crippen LogP contribution in [0.2, 0.25) is 0 Å². The molecule has 1 rings (SSSR count). The minimum absolute atomic E-state index is 0.144. The highest BCUT2D eigenvalue weighted by Gasteiger charge is 2.41. The topological polar surface area (TPSA) is 50.8 Å². The Labute approximate surface area is 110 Å². The largest absolute Gasteiger partial charge is 0.468 e. The van der Waals surface area contributed by atoms with E-state index in [9.17, 15) is 4.79 Å². The lowest BCUT2D eigenvalue weighted by Crippen LogP contribution is -2.59. The summed E-state index contributed by atoms with van der Waals surface area (Å²) in [6, 6.07) is 0. The Morgan fingerprint density at radius 1 is 1.33 bits per heavy atom. The van der Waals surface area contributed by atoms with Gasteiger partial charge in [-0.1, -0.05) is 6.92 Å². The van der Waals surface area contributed by atoms with Gasteiger partial charge in [0.15, 0.2) is 0 Å². The number of carbonyl (C=O) groups is 1. The van der Waals surface area contributed by atoms with Crippen molar-refractivity contribution in [3.05, 3.63) is 0 Å². The Morgan fingerprint density at radius 3 is 2.50 bits per heavy atom. The van der Waals surface area contributed by atoms with Gasteiger partial charge in [0.1, 0.15) is 5.54 Å². The molecule has 0 aromatic rings. The molecule has 0 aliphatic carbocycles. The normalized spacial score (nSPS) is 19.7. The predicted molar refractivity (Wildman–Crippen MR) is 70.6 cm³/mol. The molecule has 1 N–H and O–H groups in total. The summed E-state index contributed by atoms with van der Waals surface area (Å²) >= 11 is 0. The van der Waals surface area contributed by atoms with E-state index in [1.807, 2.05) is 0 Å². The van der Waals surface area contributed by atoms with E-state index in [0.717, 1.165) is 38.9 Å². The first-order valence-corrected chi connectivity index (χ1v) is 6.73. The zero-order valence-corrected chi connectivity index (χ0v) is 11.8. The van der Waals surface area contributed by atoms with Gasteiger partial charge in [0, 0.05) is 26.7 Å². The van der Waals surface area contributed by atoms with Crippen LogP contribution in [0.15, 0.2) is 0 Å². The molecule has 0 unspecified atom stereocenters. The summed E-state index contributed by atoms with van der Waals surface area (Å²) < 4.78 is 9.98. The maximum atomic E-state index is 12.0. The highest BCUT2D eigenvalue weighted by atomic mass is 16.5. The molecule has 5 heteroatoms. The van der Waals surface area contributed by atoms with Crippen molar-refractivity contribution < 1.29 is 14.3 Å². The molecule has 1 heterocycles. The Bertz CT molecular complexity index is 251. The lowest BCUT2D eigenvalue weighted by atomic mass is 9.87. The molecule has 0 amide bonds. The first kappa shape index (κ1) is 15.4. The zero-order valence-electron chi connectivity index (χ0n) is 11.8. The monoisotopic (exact) mass is 258 g/mol. The highest BCUT2D eigenvalue weighted by molar-refractivity contribution is 5.81. The van der Waals surface area contributed by atoms with E-state index in [-0.39, 0.29) is 5.97 Å². The summed E-state index contributed by atoms with van der Waals surface area (Å²) in [5.74, 6) is -0.144. The molecule has 0 saturated carbocycles. The molecular formula is C13H26N2O3. The number of nitrogens with zero attached hydrogens (tertiary/aromatic N) is 1. The van der Waals surface area contributed by atoms with Crippen molar-refractivity contribution >= 4 is 5.97 Å². The van der Waals surface area contributed by atoms with Crippen LogP contribution in [0.25, 0.3) is 0 Å². The summed E-state index contributed by atoms with van der Waals surface area (Å²) in [7, 11) is 3.12. The molecule has 0 aromatic carbocycles. The van der Waals surface area contributed by atoms with Gasteiger partial charge in [-0.15, -0.1) is 0 Å². The van der Waals surface area contributed by atoms with Crippen molar-refractivity contribution in [2.24, 2.45) is 0 Å². The van der Waals surface area contributed by atoms with E-state index in [0.29, 0.717) is 13.2 Å². The lowest BCUT2D eigenvalue weighted by Gasteiger charge is -2.40. The fraction of sp³-hybridized carbons (Fsp3) is 0.923. The fourth-order valence-electron chi connectivity index (χ4n) is 2.52. The van der Waals surface area contributed by atoms with Gasteiger partial charge in [-0.2, -0.15) is 0 Å². The Kier molecular flexibility index (Phi) is 6.60. The van der Waals surface area contributed by atoms with Crippen LogP contribution in [0.4, 0.5) is 0 Å². The quantitative estimate of drug-likeness (QED) is 0.536. The average Bonchev–Trinajstić information content (AvgIpc) is 2.40. The molecular weight excluding hydrogens is 232 g/mol. The van der Waals surface area contributed by atoms with Gasteiger partial charge in [-0.3, -0.25) is 10.1 Å². The number of nitrogens with one attached hydrogen (secondary N) is 1. The first-order chi connectivity index (χ1) is 8.68. The summed E-state index contributed by atoms with van der Waals surface area (Å²) in [5.41, 5.74) is -0.516. The molecule has 1 aliphatic rings. The van der Waals surface area contributed by atoms with Crippen LogP contribution in [0, 0.1) is 0 Å². The molecule has 0 radical (unpaired) electrons. The molecule has 0 bridgehead atoms. The van der Waals surface area contributed by atoms with Crippen LogP contribution in [0.1, 0.15) is 26.2 Å². The van der Waals surface area contributed by atoms with Crippen molar-refractivity contribution in [3.63, 3.8) is 0 Å². The van der Waals surface area contributed by atoms with Crippen LogP contribution in [0.3, 0.4) is 0 Å². The third-order valence-corrected chi connectivity index (χ3v) is 3.60. The second-order valence-corrected chi connectivity index (χ2v) is 4.83. The molecule has 0 aromatic heterocycles. The fourth-order valence-corrected chi connectivity index (χ4v) is 2.52. The molecule has 1 fully saturated rings. The van der Waals surface area contributed by atoms with E-state index >= 15 is 0 Å². The van der Waals surface area contributed by atoms with Gasteiger partial charge in [-0.25, -0.2) is 0 Å². The van der Waals surface area contributed by atoms with Crippen molar-refractivity contribution in [2.45, 2.75) is 31.7 Å². The number of methoxy groups -OCH3 is 2. The van der Waals surface area contributed by atoms with E-state index in [1.165, 1.54) is 7.11 Å². The summed E-state index contributed by atoms with van der Waals surface area (Å²) in [6.07, 6.45) is 2.77. The average molecular weight is 258 g/mol. The number of likely N-dealkylation sites (tertiary alicyclic amines) is 1. The molecule has 18 heavy (non-hydrogen) atoms. The molecule has 106 valence electrons. The van der Waals surface area contributed by atoms with Gasteiger partial charge in [0.05, 0.1) is 13.7 Å². The second-order valence-electron chi connectivity index (χ2n) is 4.83. The number of piperidine rings is 1. The summed E-state index contributed by atoms with van der Waals surface area (Å²) in [5, 5.41) is 3.32. The van der Waals surface area contributed by atoms with Gasteiger partial charge in [-0.05, 0) is 25.8 Å². The van der Waals surface area contributed by atoms with E-state index in [4.69, 9.17) is 9.47 Å². The number of rotatable bonds is 7. The number of hydrogen-bond donors (Lipinski definition) is 1. The van der Waals surface area contributed by atoms with Gasteiger partial charge in [0.2, 0.25) is 0 Å². The molecule has 1 saturated heterocycles. The Morgan fingerprint density at radius 2 is 2.00 bits per heavy atom. The molecule has 0 spiro atoms. The number of carbonyl (C=O) groups excluding carboxylic acids is 1. The van der Waals surface area contributed by atoms with Crippen molar-refractivity contribution in [3.8, 4) is 0 Å². The maximum Gasteiger partial charge on any atom is 0.326 e. The molecule has 5 nitrogen and oxygen atoms in total. The van der Waals surface area contributed by atoms with Gasteiger partial charge < -0.3 is 14.4 Å². The Balaban J connectivity index is 2.55. The third-order valence-electron chi connectivity index (χ3n) is 3.60. The van der Waals surface area contributed by atoms with Gasteiger partial charge in [0.25, 0.3) is 0 Å². The van der Waals surface area contributed by atoms with Crippen LogP contribution in [-0.2, 0) is 14.3 Å². The van der Waals surface area contributed by atoms with Crippen LogP contribution >= 0.6 is 0 Å². The van der Waals surface area contributed by atoms with E-state index in [1.54, 1.807) is 7.11 Å². The van der Waals surface area contributed by atoms with Crippen LogP contribution in [-0.4, -0.2) is 63.4 Å². The minimum Gasteiger partial charge on any atom is -0.468 e. The van der Waals surface area contributed by atoms with Crippen LogP contribution in [0.5, 0.6) is 0 Å². The predicted octanol–water partition coefficient (Wildman–Crippen LogP) is 0.640. The number of ether oxygens (including phenoxy) is 2. The SMILES string of the molecule is CCCN1CCC(NCCOC)(C(=O)OC)CC1. The van der Waals surface area contributed by atoms with Crippen molar-refractivity contribution in [2.75, 3.05) is 47.0 Å². The van der Waals surface area contributed by atoms with Gasteiger partial charge >= 0.3 is 5.97 Å². The smallest absolute Gasteiger partial charge is 0.326 e. The Hall–Kier alpha value is -0.650. The lowest BCUT2D eigenvalue weighted by molar-refractivity contribution is -0.151.